The molecule has 0 bridgehead atoms. The normalized spacial score (nSPS) is 20.3. The Hall–Kier alpha value is -2.75. The molecule has 0 amide bonds. The summed E-state index contributed by atoms with van der Waals surface area (Å²) < 4.78 is 21.9. The number of rotatable bonds is 11. The molecule has 0 N–H and O–H groups in total. The monoisotopic (exact) mass is 521 g/mol. The molecule has 1 saturated carbocycles. The smallest absolute Gasteiger partial charge is 0.179 e. The maximum atomic E-state index is 6.38. The van der Waals surface area contributed by atoms with Crippen LogP contribution in [0.2, 0.25) is 25.7 Å². The molecule has 3 aromatic heterocycles. The molecule has 4 aromatic rings. The maximum absolute atomic E-state index is 6.38. The summed E-state index contributed by atoms with van der Waals surface area (Å²) in [6.45, 7) is 11.3. The van der Waals surface area contributed by atoms with Gasteiger partial charge in [-0.3, -0.25) is 4.40 Å². The molecule has 1 fully saturated rings. The van der Waals surface area contributed by atoms with Gasteiger partial charge in [0.05, 0.1) is 31.5 Å². The maximum Gasteiger partial charge on any atom is 0.179 e. The highest BCUT2D eigenvalue weighted by atomic mass is 28.3. The van der Waals surface area contributed by atoms with Crippen LogP contribution in [0.15, 0.2) is 42.7 Å². The van der Waals surface area contributed by atoms with Gasteiger partial charge in [0.2, 0.25) is 0 Å². The average molecular weight is 522 g/mol. The van der Waals surface area contributed by atoms with Crippen LogP contribution in [0.4, 0.5) is 0 Å². The fourth-order valence-electron chi connectivity index (χ4n) is 5.32. The topological polar surface area (TPSA) is 75.7 Å². The van der Waals surface area contributed by atoms with Crippen molar-refractivity contribution in [1.82, 2.24) is 24.1 Å². The van der Waals surface area contributed by atoms with E-state index in [2.05, 4.69) is 70.1 Å². The van der Waals surface area contributed by atoms with Crippen molar-refractivity contribution in [3.63, 3.8) is 0 Å². The molecule has 5 rings (SSSR count). The second-order valence-electron chi connectivity index (χ2n) is 11.4. The van der Waals surface area contributed by atoms with Crippen LogP contribution in [0, 0.1) is 5.92 Å². The summed E-state index contributed by atoms with van der Waals surface area (Å²) >= 11 is 0. The molecule has 0 spiro atoms. The highest BCUT2D eigenvalue weighted by molar-refractivity contribution is 6.76. The van der Waals surface area contributed by atoms with E-state index in [1.807, 2.05) is 18.3 Å². The Morgan fingerprint density at radius 1 is 1.05 bits per heavy atom. The molecule has 8 nitrogen and oxygen atoms in total. The summed E-state index contributed by atoms with van der Waals surface area (Å²) in [4.78, 5) is 4.70. The van der Waals surface area contributed by atoms with E-state index in [1.165, 1.54) is 0 Å². The number of nitrogens with zero attached hydrogens (tertiary/aromatic N) is 5. The summed E-state index contributed by atoms with van der Waals surface area (Å²) in [5.41, 5.74) is 3.88. The largest absolute Gasteiger partial charge is 0.497 e. The van der Waals surface area contributed by atoms with Crippen LogP contribution in [-0.2, 0) is 22.8 Å². The molecule has 1 aromatic carbocycles. The Balaban J connectivity index is 1.32. The quantitative estimate of drug-likeness (QED) is 0.181. The van der Waals surface area contributed by atoms with E-state index in [-0.39, 0.29) is 6.10 Å². The van der Waals surface area contributed by atoms with Gasteiger partial charge < -0.3 is 18.8 Å². The van der Waals surface area contributed by atoms with Crippen molar-refractivity contribution in [2.24, 2.45) is 5.92 Å². The molecule has 37 heavy (non-hydrogen) atoms. The number of benzene rings is 1. The van der Waals surface area contributed by atoms with Crippen LogP contribution in [0.3, 0.4) is 0 Å². The van der Waals surface area contributed by atoms with Gasteiger partial charge in [-0.15, -0.1) is 10.2 Å². The Kier molecular flexibility index (Phi) is 7.64. The molecule has 3 heterocycles. The van der Waals surface area contributed by atoms with Gasteiger partial charge in [-0.1, -0.05) is 45.1 Å². The number of ether oxygens (including phenoxy) is 3. The molecule has 198 valence electrons. The SMILES string of the molecule is CCC1CC(OCc2ccc(OC)cc2)CC1c1nnc2cnc3c(ccn3COCC[Si](C)(C)C)n12. The van der Waals surface area contributed by atoms with E-state index >= 15 is 0 Å². The van der Waals surface area contributed by atoms with Crippen molar-refractivity contribution >= 4 is 24.9 Å². The van der Waals surface area contributed by atoms with Crippen LogP contribution in [0.25, 0.3) is 16.8 Å². The van der Waals surface area contributed by atoms with E-state index in [4.69, 9.17) is 19.2 Å². The van der Waals surface area contributed by atoms with Crippen LogP contribution < -0.4 is 4.74 Å². The molecule has 0 radical (unpaired) electrons. The predicted octanol–water partition coefficient (Wildman–Crippen LogP) is 5.89. The summed E-state index contributed by atoms with van der Waals surface area (Å²) in [5, 5.41) is 9.17. The van der Waals surface area contributed by atoms with Gasteiger partial charge in [-0.2, -0.15) is 0 Å². The first-order chi connectivity index (χ1) is 17.9. The fourth-order valence-corrected chi connectivity index (χ4v) is 6.08. The Morgan fingerprint density at radius 2 is 1.86 bits per heavy atom. The third-order valence-electron chi connectivity index (χ3n) is 7.55. The van der Waals surface area contributed by atoms with Gasteiger partial charge in [0.25, 0.3) is 0 Å². The van der Waals surface area contributed by atoms with Gasteiger partial charge in [-0.25, -0.2) is 4.98 Å². The lowest BCUT2D eigenvalue weighted by Gasteiger charge is -2.16. The molecular weight excluding hydrogens is 482 g/mol. The molecular formula is C28H39N5O3Si. The lowest BCUT2D eigenvalue weighted by molar-refractivity contribution is 0.0422. The van der Waals surface area contributed by atoms with Gasteiger partial charge in [0.1, 0.15) is 18.3 Å². The van der Waals surface area contributed by atoms with Gasteiger partial charge in [0, 0.05) is 26.8 Å². The Morgan fingerprint density at radius 3 is 2.59 bits per heavy atom. The molecule has 0 aliphatic heterocycles. The first-order valence-corrected chi connectivity index (χ1v) is 17.1. The number of fused-ring (bicyclic) bond motifs is 3. The van der Waals surface area contributed by atoms with Gasteiger partial charge in [0.15, 0.2) is 11.3 Å². The highest BCUT2D eigenvalue weighted by Crippen LogP contribution is 2.43. The first-order valence-electron chi connectivity index (χ1n) is 13.4. The van der Waals surface area contributed by atoms with E-state index < -0.39 is 8.07 Å². The van der Waals surface area contributed by atoms with Crippen LogP contribution in [0.1, 0.15) is 43.5 Å². The number of hydrogen-bond donors (Lipinski definition) is 0. The number of aromatic nitrogens is 5. The van der Waals surface area contributed by atoms with Crippen molar-refractivity contribution in [2.75, 3.05) is 13.7 Å². The van der Waals surface area contributed by atoms with E-state index in [0.717, 1.165) is 65.9 Å². The lowest BCUT2D eigenvalue weighted by Crippen LogP contribution is -2.22. The standard InChI is InChI=1S/C28H39N5O3Si/c1-6-21-15-23(36-18-20-7-9-22(34-2)10-8-20)16-24(21)27-31-30-26-17-29-28-25(33(26)27)11-12-32(28)19-35-13-14-37(3,4)5/h7-12,17,21,23-24H,6,13-16,18-19H2,1-5H3. The highest BCUT2D eigenvalue weighted by Gasteiger charge is 2.38. The van der Waals surface area contributed by atoms with Crippen LogP contribution >= 0.6 is 0 Å². The third-order valence-corrected chi connectivity index (χ3v) is 9.25. The fraction of sp³-hybridized carbons (Fsp3) is 0.536. The zero-order valence-corrected chi connectivity index (χ0v) is 23.7. The lowest BCUT2D eigenvalue weighted by atomic mass is 9.93. The Labute approximate surface area is 220 Å². The van der Waals surface area contributed by atoms with Crippen molar-refractivity contribution in [2.45, 2.75) is 77.2 Å². The summed E-state index contributed by atoms with van der Waals surface area (Å²) in [5.74, 6) is 2.68. The predicted molar refractivity (Wildman–Crippen MR) is 148 cm³/mol. The first kappa shape index (κ1) is 25.9. The summed E-state index contributed by atoms with van der Waals surface area (Å²) in [6, 6.07) is 11.4. The van der Waals surface area contributed by atoms with E-state index in [1.54, 1.807) is 7.11 Å². The Bertz CT molecular complexity index is 1330. The minimum atomic E-state index is -1.11. The second kappa shape index (κ2) is 10.9. The average Bonchev–Trinajstić information content (AvgIpc) is 3.61. The van der Waals surface area contributed by atoms with Crippen molar-refractivity contribution < 1.29 is 14.2 Å². The molecule has 9 heteroatoms. The van der Waals surface area contributed by atoms with Gasteiger partial charge >= 0.3 is 0 Å². The van der Waals surface area contributed by atoms with Crippen molar-refractivity contribution in [3.05, 3.63) is 54.1 Å². The molecule has 0 saturated heterocycles. The molecule has 3 unspecified atom stereocenters. The third kappa shape index (κ3) is 5.73. The van der Waals surface area contributed by atoms with Crippen molar-refractivity contribution in [1.29, 1.82) is 0 Å². The minimum absolute atomic E-state index is 0.200. The zero-order chi connectivity index (χ0) is 26.0. The van der Waals surface area contributed by atoms with Crippen molar-refractivity contribution in [3.8, 4) is 5.75 Å². The summed E-state index contributed by atoms with van der Waals surface area (Å²) in [6.07, 6.45) is 7.15. The molecule has 3 atom stereocenters. The number of methoxy groups -OCH3 is 1. The van der Waals surface area contributed by atoms with Gasteiger partial charge in [-0.05, 0) is 48.6 Å². The van der Waals surface area contributed by atoms with Crippen LogP contribution in [-0.4, -0.2) is 52.0 Å². The minimum Gasteiger partial charge on any atom is -0.497 e. The van der Waals surface area contributed by atoms with E-state index in [9.17, 15) is 0 Å². The molecule has 1 aliphatic rings. The summed E-state index contributed by atoms with van der Waals surface area (Å²) in [7, 11) is 0.572. The second-order valence-corrected chi connectivity index (χ2v) is 17.0. The molecule has 1 aliphatic carbocycles. The van der Waals surface area contributed by atoms with Crippen LogP contribution in [0.5, 0.6) is 5.75 Å². The van der Waals surface area contributed by atoms with E-state index in [0.29, 0.717) is 25.2 Å². The number of hydrogen-bond acceptors (Lipinski definition) is 6. The zero-order valence-electron chi connectivity index (χ0n) is 22.7.